The molecule has 7 nitrogen and oxygen atoms in total. The monoisotopic (exact) mass is 370 g/mol. The summed E-state index contributed by atoms with van der Waals surface area (Å²) in [4.78, 5) is 22.1. The first kappa shape index (κ1) is 19.5. The molecule has 0 radical (unpaired) electrons. The highest BCUT2D eigenvalue weighted by Crippen LogP contribution is 2.34. The fourth-order valence-electron chi connectivity index (χ4n) is 2.17. The Morgan fingerprint density at radius 3 is 2.46 bits per heavy atom. The van der Waals surface area contributed by atoms with Gasteiger partial charge in [0.05, 0.1) is 21.3 Å². The molecule has 0 bridgehead atoms. The molecule has 0 heterocycles. The SMILES string of the molecule is Cc1cccc(NN(C(N)=O)c2c(C)cc([N+](=O)[O-])cc2Cl)c1.Cl. The van der Waals surface area contributed by atoms with Gasteiger partial charge in [0.1, 0.15) is 0 Å². The van der Waals surface area contributed by atoms with E-state index in [4.69, 9.17) is 17.3 Å². The minimum absolute atomic E-state index is 0. The number of aryl methyl sites for hydroxylation is 2. The number of urea groups is 1. The van der Waals surface area contributed by atoms with Crippen LogP contribution in [0.5, 0.6) is 0 Å². The number of hydrogen-bond donors (Lipinski definition) is 2. The number of amides is 2. The average molecular weight is 371 g/mol. The highest BCUT2D eigenvalue weighted by Gasteiger charge is 2.22. The third-order valence-electron chi connectivity index (χ3n) is 3.15. The maximum atomic E-state index is 11.8. The van der Waals surface area contributed by atoms with E-state index in [-0.39, 0.29) is 28.8 Å². The standard InChI is InChI=1S/C15H15ClN4O3.ClH/c1-9-4-3-5-11(6-9)18-19(15(17)21)14-10(2)7-12(20(22)23)8-13(14)16;/h3-8,18H,1-2H3,(H2,17,21);1H. The zero-order valence-corrected chi connectivity index (χ0v) is 14.5. The van der Waals surface area contributed by atoms with E-state index in [0.29, 0.717) is 11.3 Å². The molecule has 2 aromatic rings. The van der Waals surface area contributed by atoms with Gasteiger partial charge in [0.15, 0.2) is 0 Å². The van der Waals surface area contributed by atoms with Crippen LogP contribution in [0, 0.1) is 24.0 Å². The first-order valence-corrected chi connectivity index (χ1v) is 7.05. The van der Waals surface area contributed by atoms with E-state index >= 15 is 0 Å². The van der Waals surface area contributed by atoms with Gasteiger partial charge in [-0.3, -0.25) is 15.5 Å². The Bertz CT molecular complexity index is 760. The number of nitro benzene ring substituents is 1. The van der Waals surface area contributed by atoms with E-state index < -0.39 is 11.0 Å². The smallest absolute Gasteiger partial charge is 0.338 e. The number of hydrazine groups is 1. The van der Waals surface area contributed by atoms with E-state index in [0.717, 1.165) is 10.6 Å². The molecular formula is C15H16Cl2N4O3. The molecule has 9 heteroatoms. The molecule has 24 heavy (non-hydrogen) atoms. The Morgan fingerprint density at radius 2 is 1.96 bits per heavy atom. The predicted molar refractivity (Wildman–Crippen MR) is 97.0 cm³/mol. The molecule has 0 aliphatic heterocycles. The Labute approximate surface area is 149 Å². The van der Waals surface area contributed by atoms with Gasteiger partial charge < -0.3 is 5.73 Å². The van der Waals surface area contributed by atoms with E-state index in [1.54, 1.807) is 13.0 Å². The predicted octanol–water partition coefficient (Wildman–Crippen LogP) is 4.20. The van der Waals surface area contributed by atoms with Gasteiger partial charge in [-0.2, -0.15) is 0 Å². The Kier molecular flexibility index (Phi) is 6.39. The second kappa shape index (κ2) is 7.85. The summed E-state index contributed by atoms with van der Waals surface area (Å²) in [5, 5.41) is 12.0. The summed E-state index contributed by atoms with van der Waals surface area (Å²) in [5.41, 5.74) is 10.5. The molecule has 0 unspecified atom stereocenters. The van der Waals surface area contributed by atoms with Crippen LogP contribution in [0.1, 0.15) is 11.1 Å². The Balaban J connectivity index is 0.00000288. The van der Waals surface area contributed by atoms with Gasteiger partial charge in [0, 0.05) is 12.1 Å². The van der Waals surface area contributed by atoms with E-state index in [1.165, 1.54) is 12.1 Å². The summed E-state index contributed by atoms with van der Waals surface area (Å²) in [6, 6.07) is 9.03. The summed E-state index contributed by atoms with van der Waals surface area (Å²) in [6.07, 6.45) is 0. The number of anilines is 2. The largest absolute Gasteiger partial charge is 0.350 e. The summed E-state index contributed by atoms with van der Waals surface area (Å²) in [6.45, 7) is 3.52. The molecule has 0 atom stereocenters. The van der Waals surface area contributed by atoms with Gasteiger partial charge in [-0.15, -0.1) is 12.4 Å². The maximum absolute atomic E-state index is 11.8. The topological polar surface area (TPSA) is 102 Å². The number of nitrogens with two attached hydrogens (primary N) is 1. The third-order valence-corrected chi connectivity index (χ3v) is 3.44. The van der Waals surface area contributed by atoms with Gasteiger partial charge in [-0.05, 0) is 37.1 Å². The van der Waals surface area contributed by atoms with Crippen LogP contribution in [0.15, 0.2) is 36.4 Å². The van der Waals surface area contributed by atoms with Crippen LogP contribution < -0.4 is 16.2 Å². The van der Waals surface area contributed by atoms with Gasteiger partial charge in [-0.1, -0.05) is 23.7 Å². The molecular weight excluding hydrogens is 355 g/mol. The van der Waals surface area contributed by atoms with Crippen molar-refractivity contribution in [3.63, 3.8) is 0 Å². The van der Waals surface area contributed by atoms with Gasteiger partial charge in [0.2, 0.25) is 0 Å². The first-order chi connectivity index (χ1) is 10.8. The lowest BCUT2D eigenvalue weighted by Gasteiger charge is -2.25. The molecule has 128 valence electrons. The van der Waals surface area contributed by atoms with Crippen LogP contribution in [0.2, 0.25) is 5.02 Å². The molecule has 0 aromatic heterocycles. The summed E-state index contributed by atoms with van der Waals surface area (Å²) in [7, 11) is 0. The van der Waals surface area contributed by atoms with Crippen LogP contribution in [0.4, 0.5) is 21.9 Å². The fraction of sp³-hybridized carbons (Fsp3) is 0.133. The van der Waals surface area contributed by atoms with Gasteiger partial charge >= 0.3 is 6.03 Å². The summed E-state index contributed by atoms with van der Waals surface area (Å²) in [5.74, 6) is 0. The third kappa shape index (κ3) is 4.27. The zero-order chi connectivity index (χ0) is 17.1. The van der Waals surface area contributed by atoms with Crippen LogP contribution >= 0.6 is 24.0 Å². The molecule has 0 saturated heterocycles. The minimum Gasteiger partial charge on any atom is -0.350 e. The molecule has 0 saturated carbocycles. The lowest BCUT2D eigenvalue weighted by atomic mass is 10.1. The number of primary amides is 1. The Morgan fingerprint density at radius 1 is 1.29 bits per heavy atom. The summed E-state index contributed by atoms with van der Waals surface area (Å²) >= 11 is 6.12. The van der Waals surface area contributed by atoms with Crippen molar-refractivity contribution < 1.29 is 9.72 Å². The van der Waals surface area contributed by atoms with Crippen molar-refractivity contribution in [2.75, 3.05) is 10.4 Å². The van der Waals surface area contributed by atoms with Crippen molar-refractivity contribution in [2.24, 2.45) is 5.73 Å². The van der Waals surface area contributed by atoms with Crippen molar-refractivity contribution in [1.29, 1.82) is 0 Å². The molecule has 0 spiro atoms. The van der Waals surface area contributed by atoms with Crippen molar-refractivity contribution >= 4 is 47.1 Å². The zero-order valence-electron chi connectivity index (χ0n) is 12.9. The molecule has 3 N–H and O–H groups in total. The summed E-state index contributed by atoms with van der Waals surface area (Å²) < 4.78 is 0. The average Bonchev–Trinajstić information content (AvgIpc) is 2.45. The second-order valence-electron chi connectivity index (χ2n) is 5.01. The number of halogens is 2. The molecule has 2 amide bonds. The van der Waals surface area contributed by atoms with E-state index in [2.05, 4.69) is 5.43 Å². The molecule has 0 fully saturated rings. The number of non-ortho nitro benzene ring substituents is 1. The van der Waals surface area contributed by atoms with Crippen LogP contribution in [-0.4, -0.2) is 11.0 Å². The van der Waals surface area contributed by atoms with E-state index in [1.807, 2.05) is 25.1 Å². The number of nitrogens with one attached hydrogen (secondary N) is 1. The van der Waals surface area contributed by atoms with Gasteiger partial charge in [0.25, 0.3) is 5.69 Å². The number of hydrogen-bond acceptors (Lipinski definition) is 4. The number of rotatable bonds is 4. The van der Waals surface area contributed by atoms with Crippen LogP contribution in [0.3, 0.4) is 0 Å². The number of carbonyl (C=O) groups is 1. The minimum atomic E-state index is -0.787. The number of nitro groups is 1. The fourth-order valence-corrected chi connectivity index (χ4v) is 2.52. The molecule has 2 aromatic carbocycles. The number of benzene rings is 2. The van der Waals surface area contributed by atoms with Crippen LogP contribution in [0.25, 0.3) is 0 Å². The first-order valence-electron chi connectivity index (χ1n) is 6.67. The normalized spacial score (nSPS) is 9.79. The highest BCUT2D eigenvalue weighted by atomic mass is 35.5. The lowest BCUT2D eigenvalue weighted by molar-refractivity contribution is -0.384. The van der Waals surface area contributed by atoms with Crippen molar-refractivity contribution in [3.05, 3.63) is 62.7 Å². The number of carbonyl (C=O) groups excluding carboxylic acids is 1. The molecule has 0 aliphatic carbocycles. The molecule has 0 aliphatic rings. The van der Waals surface area contributed by atoms with Crippen molar-refractivity contribution in [2.45, 2.75) is 13.8 Å². The van der Waals surface area contributed by atoms with Crippen molar-refractivity contribution in [1.82, 2.24) is 0 Å². The lowest BCUT2D eigenvalue weighted by Crippen LogP contribution is -2.41. The van der Waals surface area contributed by atoms with Crippen LogP contribution in [-0.2, 0) is 0 Å². The van der Waals surface area contributed by atoms with Gasteiger partial charge in [-0.25, -0.2) is 9.80 Å². The van der Waals surface area contributed by atoms with Crippen molar-refractivity contribution in [3.8, 4) is 0 Å². The molecule has 2 rings (SSSR count). The highest BCUT2D eigenvalue weighted by molar-refractivity contribution is 6.34. The second-order valence-corrected chi connectivity index (χ2v) is 5.41. The van der Waals surface area contributed by atoms with E-state index in [9.17, 15) is 14.9 Å². The number of nitrogens with zero attached hydrogens (tertiary/aromatic N) is 2. The Hall–Kier alpha value is -2.51. The maximum Gasteiger partial charge on any atom is 0.338 e. The quantitative estimate of drug-likeness (QED) is 0.621.